The average Bonchev–Trinajstić information content (AvgIpc) is 2.92. The second-order valence-corrected chi connectivity index (χ2v) is 8.05. The number of imide groups is 1. The number of pyridine rings is 1. The Morgan fingerprint density at radius 2 is 1.77 bits per heavy atom. The molecule has 0 N–H and O–H groups in total. The van der Waals surface area contributed by atoms with Crippen LogP contribution in [0.1, 0.15) is 12.5 Å². The number of thioether (sulfide) groups is 1. The van der Waals surface area contributed by atoms with Gasteiger partial charge in [0.1, 0.15) is 17.4 Å². The quantitative estimate of drug-likeness (QED) is 0.306. The fraction of sp³-hybridized carbons (Fsp3) is 0.190. The maximum Gasteiger partial charge on any atom is 0.446 e. The fourth-order valence-electron chi connectivity index (χ4n) is 3.47. The second kappa shape index (κ2) is 7.84. The van der Waals surface area contributed by atoms with Gasteiger partial charge in [-0.05, 0) is 60.6 Å². The number of hydrogen-bond acceptors (Lipinski definition) is 4. The third-order valence-electron chi connectivity index (χ3n) is 4.96. The van der Waals surface area contributed by atoms with E-state index in [1.165, 1.54) is 47.5 Å². The minimum Gasteiger partial charge on any atom is -0.308 e. The highest BCUT2D eigenvalue weighted by Gasteiger charge is 2.43. The summed E-state index contributed by atoms with van der Waals surface area (Å²) in [5, 5.41) is 0.530. The van der Waals surface area contributed by atoms with Crippen molar-refractivity contribution in [3.63, 3.8) is 0 Å². The zero-order valence-corrected chi connectivity index (χ0v) is 16.9. The van der Waals surface area contributed by atoms with E-state index >= 15 is 0 Å². The van der Waals surface area contributed by atoms with Crippen LogP contribution in [0.25, 0.3) is 10.9 Å². The normalized spacial score (nSPS) is 17.1. The predicted molar refractivity (Wildman–Crippen MR) is 108 cm³/mol. The van der Waals surface area contributed by atoms with Gasteiger partial charge in [-0.3, -0.25) is 9.78 Å². The highest BCUT2D eigenvalue weighted by Crippen LogP contribution is 2.38. The van der Waals surface area contributed by atoms with E-state index in [2.05, 4.69) is 4.98 Å². The molecule has 5 nitrogen and oxygen atoms in total. The molecule has 0 bridgehead atoms. The molecule has 3 amide bonds. The lowest BCUT2D eigenvalue weighted by atomic mass is 10.1. The molecule has 1 fully saturated rings. The number of carbonyl (C=O) groups excluding carboxylic acids is 2. The van der Waals surface area contributed by atoms with Crippen molar-refractivity contribution < 1.29 is 27.2 Å². The summed E-state index contributed by atoms with van der Waals surface area (Å²) < 4.78 is 51.6. The molecule has 1 aliphatic heterocycles. The third kappa shape index (κ3) is 4.07. The number of carbonyl (C=O) groups is 2. The van der Waals surface area contributed by atoms with Gasteiger partial charge in [0.15, 0.2) is 0 Å². The molecule has 4 rings (SSSR count). The van der Waals surface area contributed by atoms with Crippen molar-refractivity contribution in [1.82, 2.24) is 9.88 Å². The minimum atomic E-state index is -4.43. The van der Waals surface area contributed by atoms with Crippen LogP contribution in [0.3, 0.4) is 0 Å². The van der Waals surface area contributed by atoms with Crippen LogP contribution in [-0.4, -0.2) is 33.4 Å². The summed E-state index contributed by atoms with van der Waals surface area (Å²) in [7, 11) is 0. The van der Waals surface area contributed by atoms with E-state index in [9.17, 15) is 27.2 Å². The molecule has 1 unspecified atom stereocenters. The van der Waals surface area contributed by atoms with Crippen LogP contribution in [0, 0.1) is 5.82 Å². The highest BCUT2D eigenvalue weighted by molar-refractivity contribution is 8.00. The number of fused-ring (bicyclic) bond motifs is 1. The molecule has 1 aliphatic rings. The standard InChI is InChI=1S/C21H15F4N3O2S/c1-12-19(29)28(14-5-7-15(8-6-14)31-21(23,24)25)20(30)27(12)11-13-9-10-26-18-16(13)3-2-4-17(18)22/h2-10,12H,11H2,1H3. The Balaban J connectivity index is 1.61. The summed E-state index contributed by atoms with van der Waals surface area (Å²) in [6.45, 7) is 1.62. The lowest BCUT2D eigenvalue weighted by Crippen LogP contribution is -2.33. The minimum absolute atomic E-state index is 0.0483. The molecule has 0 radical (unpaired) electrons. The van der Waals surface area contributed by atoms with E-state index in [1.54, 1.807) is 19.1 Å². The van der Waals surface area contributed by atoms with Crippen molar-refractivity contribution in [2.45, 2.75) is 29.9 Å². The molecule has 10 heteroatoms. The molecule has 2 aromatic carbocycles. The molecule has 31 heavy (non-hydrogen) atoms. The maximum atomic E-state index is 14.0. The summed E-state index contributed by atoms with van der Waals surface area (Å²) >= 11 is -0.277. The molecule has 2 heterocycles. The lowest BCUT2D eigenvalue weighted by Gasteiger charge is -2.20. The Bertz CT molecular complexity index is 1170. The number of aromatic nitrogens is 1. The van der Waals surface area contributed by atoms with E-state index in [0.29, 0.717) is 10.9 Å². The number of halogens is 4. The molecule has 0 saturated carbocycles. The van der Waals surface area contributed by atoms with Crippen LogP contribution in [0.2, 0.25) is 0 Å². The number of nitrogens with zero attached hydrogens (tertiary/aromatic N) is 3. The van der Waals surface area contributed by atoms with E-state index < -0.39 is 29.3 Å². The molecule has 0 spiro atoms. The summed E-state index contributed by atoms with van der Waals surface area (Å²) in [4.78, 5) is 32.0. The Morgan fingerprint density at radius 1 is 1.06 bits per heavy atom. The molecular weight excluding hydrogens is 434 g/mol. The zero-order chi connectivity index (χ0) is 22.3. The number of rotatable bonds is 4. The van der Waals surface area contributed by atoms with Gasteiger partial charge in [0.25, 0.3) is 5.91 Å². The van der Waals surface area contributed by atoms with Crippen molar-refractivity contribution in [3.8, 4) is 0 Å². The molecular formula is C21H15F4N3O2S. The summed E-state index contributed by atoms with van der Waals surface area (Å²) in [5.74, 6) is -0.986. The smallest absolute Gasteiger partial charge is 0.308 e. The Morgan fingerprint density at radius 3 is 2.45 bits per heavy atom. The van der Waals surface area contributed by atoms with Crippen LogP contribution in [0.15, 0.2) is 59.6 Å². The van der Waals surface area contributed by atoms with E-state index in [-0.39, 0.29) is 34.4 Å². The van der Waals surface area contributed by atoms with Crippen LogP contribution in [0.4, 0.5) is 28.0 Å². The second-order valence-electron chi connectivity index (χ2n) is 6.91. The first-order valence-electron chi connectivity index (χ1n) is 9.18. The van der Waals surface area contributed by atoms with Crippen molar-refractivity contribution >= 4 is 40.3 Å². The lowest BCUT2D eigenvalue weighted by molar-refractivity contribution is -0.119. The molecule has 1 aromatic heterocycles. The highest BCUT2D eigenvalue weighted by atomic mass is 32.2. The number of benzene rings is 2. The van der Waals surface area contributed by atoms with Crippen LogP contribution < -0.4 is 4.90 Å². The van der Waals surface area contributed by atoms with Gasteiger partial charge in [0.2, 0.25) is 0 Å². The van der Waals surface area contributed by atoms with Crippen LogP contribution >= 0.6 is 11.8 Å². The predicted octanol–water partition coefficient (Wildman–Crippen LogP) is 5.34. The van der Waals surface area contributed by atoms with Crippen LogP contribution in [-0.2, 0) is 11.3 Å². The molecule has 1 saturated heterocycles. The number of alkyl halides is 3. The summed E-state index contributed by atoms with van der Waals surface area (Å²) in [6.07, 6.45) is 1.43. The van der Waals surface area contributed by atoms with Gasteiger partial charge in [0.05, 0.1) is 5.69 Å². The van der Waals surface area contributed by atoms with Crippen molar-refractivity contribution in [2.24, 2.45) is 0 Å². The first-order valence-corrected chi connectivity index (χ1v) is 10.00. The van der Waals surface area contributed by atoms with Gasteiger partial charge < -0.3 is 4.90 Å². The van der Waals surface area contributed by atoms with Gasteiger partial charge in [-0.1, -0.05) is 12.1 Å². The Kier molecular flexibility index (Phi) is 5.34. The third-order valence-corrected chi connectivity index (χ3v) is 5.70. The molecule has 0 aliphatic carbocycles. The van der Waals surface area contributed by atoms with Gasteiger partial charge in [0, 0.05) is 23.0 Å². The Hall–Kier alpha value is -3.14. The van der Waals surface area contributed by atoms with Crippen molar-refractivity contribution in [3.05, 3.63) is 66.1 Å². The first kappa shape index (κ1) is 21.1. The van der Waals surface area contributed by atoms with Gasteiger partial charge in [-0.15, -0.1) is 0 Å². The zero-order valence-electron chi connectivity index (χ0n) is 16.1. The number of hydrogen-bond donors (Lipinski definition) is 0. The van der Waals surface area contributed by atoms with E-state index in [0.717, 1.165) is 4.90 Å². The van der Waals surface area contributed by atoms with Gasteiger partial charge >= 0.3 is 11.5 Å². The number of amides is 3. The number of anilines is 1. The van der Waals surface area contributed by atoms with E-state index in [1.807, 2.05) is 0 Å². The molecule has 1 atom stereocenters. The maximum absolute atomic E-state index is 14.0. The first-order chi connectivity index (χ1) is 14.7. The van der Waals surface area contributed by atoms with Crippen LogP contribution in [0.5, 0.6) is 0 Å². The van der Waals surface area contributed by atoms with Gasteiger partial charge in [-0.25, -0.2) is 14.1 Å². The van der Waals surface area contributed by atoms with E-state index in [4.69, 9.17) is 0 Å². The largest absolute Gasteiger partial charge is 0.446 e. The summed E-state index contributed by atoms with van der Waals surface area (Å²) in [6, 6.07) is 9.78. The summed E-state index contributed by atoms with van der Waals surface area (Å²) in [5.41, 5.74) is -3.46. The number of urea groups is 1. The fourth-order valence-corrected chi connectivity index (χ4v) is 4.01. The van der Waals surface area contributed by atoms with Crippen molar-refractivity contribution in [2.75, 3.05) is 4.90 Å². The molecule has 3 aromatic rings. The monoisotopic (exact) mass is 449 g/mol. The number of para-hydroxylation sites is 1. The topological polar surface area (TPSA) is 53.5 Å². The SMILES string of the molecule is CC1C(=O)N(c2ccc(SC(F)(F)F)cc2)C(=O)N1Cc1ccnc2c(F)cccc12. The van der Waals surface area contributed by atoms with Gasteiger partial charge in [-0.2, -0.15) is 13.2 Å². The molecule has 160 valence electrons. The van der Waals surface area contributed by atoms with Crippen molar-refractivity contribution in [1.29, 1.82) is 0 Å². The Labute approximate surface area is 178 Å². The average molecular weight is 449 g/mol.